The third-order valence-electron chi connectivity index (χ3n) is 2.24. The SMILES string of the molecule is C=CCCCCC(F)(SCCC(F)(F)F)C(N)=O. The first-order chi connectivity index (χ1) is 8.21. The Balaban J connectivity index is 4.17. The quantitative estimate of drug-likeness (QED) is 0.400. The van der Waals surface area contributed by atoms with E-state index >= 15 is 0 Å². The molecular formula is C11H17F4NOS. The maximum Gasteiger partial charge on any atom is 0.389 e. The average Bonchev–Trinajstić information content (AvgIpc) is 2.22. The van der Waals surface area contributed by atoms with Crippen molar-refractivity contribution in [3.63, 3.8) is 0 Å². The zero-order valence-electron chi connectivity index (χ0n) is 9.93. The first-order valence-corrected chi connectivity index (χ1v) is 6.50. The number of alkyl halides is 4. The lowest BCUT2D eigenvalue weighted by Gasteiger charge is -2.21. The number of thioether (sulfide) groups is 1. The van der Waals surface area contributed by atoms with E-state index in [4.69, 9.17) is 5.73 Å². The van der Waals surface area contributed by atoms with Crippen LogP contribution in [0, 0.1) is 0 Å². The summed E-state index contributed by atoms with van der Waals surface area (Å²) in [6.07, 6.45) is -2.33. The molecule has 1 unspecified atom stereocenters. The number of allylic oxidation sites excluding steroid dienone is 1. The van der Waals surface area contributed by atoms with Crippen LogP contribution in [0.5, 0.6) is 0 Å². The molecule has 1 amide bonds. The van der Waals surface area contributed by atoms with E-state index in [0.29, 0.717) is 31.0 Å². The molecule has 0 saturated heterocycles. The van der Waals surface area contributed by atoms with Crippen LogP contribution in [0.4, 0.5) is 17.6 Å². The summed E-state index contributed by atoms with van der Waals surface area (Å²) in [6.45, 7) is 3.49. The first-order valence-electron chi connectivity index (χ1n) is 5.52. The molecule has 2 nitrogen and oxygen atoms in total. The second kappa shape index (κ2) is 7.66. The van der Waals surface area contributed by atoms with Crippen molar-refractivity contribution in [2.24, 2.45) is 5.73 Å². The van der Waals surface area contributed by atoms with Gasteiger partial charge in [-0.05, 0) is 19.3 Å². The number of amides is 1. The van der Waals surface area contributed by atoms with E-state index in [0.717, 1.165) is 0 Å². The van der Waals surface area contributed by atoms with Crippen LogP contribution < -0.4 is 5.73 Å². The summed E-state index contributed by atoms with van der Waals surface area (Å²) in [4.78, 5) is 11.0. The van der Waals surface area contributed by atoms with Gasteiger partial charge in [0, 0.05) is 12.2 Å². The molecule has 0 saturated carbocycles. The van der Waals surface area contributed by atoms with Crippen molar-refractivity contribution in [3.8, 4) is 0 Å². The lowest BCUT2D eigenvalue weighted by atomic mass is 10.1. The van der Waals surface area contributed by atoms with Crippen molar-refractivity contribution in [2.45, 2.75) is 43.3 Å². The summed E-state index contributed by atoms with van der Waals surface area (Å²) < 4.78 is 49.8. The third kappa shape index (κ3) is 7.58. The highest BCUT2D eigenvalue weighted by molar-refractivity contribution is 8.01. The molecule has 0 aromatic carbocycles. The van der Waals surface area contributed by atoms with Crippen molar-refractivity contribution in [2.75, 3.05) is 5.75 Å². The Hall–Kier alpha value is -0.720. The molecule has 18 heavy (non-hydrogen) atoms. The molecule has 0 aromatic heterocycles. The molecule has 0 rings (SSSR count). The Kier molecular flexibility index (Phi) is 7.35. The molecule has 7 heteroatoms. The lowest BCUT2D eigenvalue weighted by Crippen LogP contribution is -2.37. The fourth-order valence-electron chi connectivity index (χ4n) is 1.24. The maximum absolute atomic E-state index is 14.0. The number of unbranched alkanes of at least 4 members (excludes halogenated alkanes) is 2. The molecule has 0 spiro atoms. The molecule has 0 aliphatic heterocycles. The Bertz CT molecular complexity index is 283. The molecule has 0 aromatic rings. The van der Waals surface area contributed by atoms with Gasteiger partial charge in [-0.25, -0.2) is 4.39 Å². The summed E-state index contributed by atoms with van der Waals surface area (Å²) in [7, 11) is 0. The Morgan fingerprint density at radius 1 is 1.22 bits per heavy atom. The van der Waals surface area contributed by atoms with Crippen molar-refractivity contribution in [1.29, 1.82) is 0 Å². The van der Waals surface area contributed by atoms with Crippen molar-refractivity contribution in [1.82, 2.24) is 0 Å². The van der Waals surface area contributed by atoms with Gasteiger partial charge >= 0.3 is 6.18 Å². The van der Waals surface area contributed by atoms with Crippen LogP contribution >= 0.6 is 11.8 Å². The van der Waals surface area contributed by atoms with Crippen LogP contribution in [0.3, 0.4) is 0 Å². The topological polar surface area (TPSA) is 43.1 Å². The molecular weight excluding hydrogens is 270 g/mol. The van der Waals surface area contributed by atoms with Crippen LogP contribution in [0.25, 0.3) is 0 Å². The Morgan fingerprint density at radius 2 is 1.83 bits per heavy atom. The second-order valence-corrected chi connectivity index (χ2v) is 5.18. The van der Waals surface area contributed by atoms with Gasteiger partial charge in [-0.15, -0.1) is 18.3 Å². The molecule has 0 fully saturated rings. The summed E-state index contributed by atoms with van der Waals surface area (Å²) in [5.74, 6) is -1.72. The minimum Gasteiger partial charge on any atom is -0.366 e. The zero-order chi connectivity index (χ0) is 14.2. The largest absolute Gasteiger partial charge is 0.389 e. The number of halogens is 4. The predicted octanol–water partition coefficient (Wildman–Crippen LogP) is 3.57. The molecule has 0 heterocycles. The number of primary amides is 1. The molecule has 0 bridgehead atoms. The van der Waals surface area contributed by atoms with Gasteiger partial charge in [0.1, 0.15) is 0 Å². The van der Waals surface area contributed by atoms with E-state index in [2.05, 4.69) is 6.58 Å². The van der Waals surface area contributed by atoms with E-state index in [1.165, 1.54) is 0 Å². The number of carbonyl (C=O) groups is 1. The van der Waals surface area contributed by atoms with Gasteiger partial charge in [0.2, 0.25) is 5.00 Å². The van der Waals surface area contributed by atoms with Crippen LogP contribution in [0.2, 0.25) is 0 Å². The van der Waals surface area contributed by atoms with Crippen LogP contribution in [-0.4, -0.2) is 22.8 Å². The summed E-state index contributed by atoms with van der Waals surface area (Å²) in [5.41, 5.74) is 4.90. The summed E-state index contributed by atoms with van der Waals surface area (Å²) in [5, 5.41) is -2.41. The Morgan fingerprint density at radius 3 is 2.28 bits per heavy atom. The monoisotopic (exact) mass is 287 g/mol. The van der Waals surface area contributed by atoms with E-state index in [1.807, 2.05) is 0 Å². The highest BCUT2D eigenvalue weighted by Gasteiger charge is 2.38. The van der Waals surface area contributed by atoms with Gasteiger partial charge < -0.3 is 5.73 Å². The fraction of sp³-hybridized carbons (Fsp3) is 0.727. The highest BCUT2D eigenvalue weighted by Crippen LogP contribution is 2.35. The lowest BCUT2D eigenvalue weighted by molar-refractivity contribution is -0.130. The van der Waals surface area contributed by atoms with E-state index in [-0.39, 0.29) is 6.42 Å². The van der Waals surface area contributed by atoms with Gasteiger partial charge in [-0.1, -0.05) is 6.08 Å². The predicted molar refractivity (Wildman–Crippen MR) is 64.8 cm³/mol. The van der Waals surface area contributed by atoms with E-state index in [1.54, 1.807) is 6.08 Å². The molecule has 1 atom stereocenters. The van der Waals surface area contributed by atoms with Gasteiger partial charge in [0.15, 0.2) is 0 Å². The van der Waals surface area contributed by atoms with Crippen molar-refractivity contribution in [3.05, 3.63) is 12.7 Å². The first kappa shape index (κ1) is 17.3. The van der Waals surface area contributed by atoms with Crippen LogP contribution in [0.15, 0.2) is 12.7 Å². The average molecular weight is 287 g/mol. The number of hydrogen-bond donors (Lipinski definition) is 1. The zero-order valence-corrected chi connectivity index (χ0v) is 10.7. The second-order valence-electron chi connectivity index (χ2n) is 3.84. The summed E-state index contributed by atoms with van der Waals surface area (Å²) in [6, 6.07) is 0. The standard InChI is InChI=1S/C11H17F4NOS/c1-2-3-4-5-6-10(12,9(16)17)18-8-7-11(13,14)15/h2H,1,3-8H2,(H2,16,17). The number of rotatable bonds is 9. The van der Waals surface area contributed by atoms with Gasteiger partial charge in [-0.2, -0.15) is 13.2 Å². The minimum absolute atomic E-state index is 0.168. The van der Waals surface area contributed by atoms with Gasteiger partial charge in [0.25, 0.3) is 5.91 Å². The summed E-state index contributed by atoms with van der Waals surface area (Å²) >= 11 is 0.330. The minimum atomic E-state index is -4.35. The molecule has 2 N–H and O–H groups in total. The molecule has 0 radical (unpaired) electrons. The van der Waals surface area contributed by atoms with Crippen LogP contribution in [0.1, 0.15) is 32.1 Å². The Labute approximate surface area is 108 Å². The number of nitrogens with two attached hydrogens (primary N) is 1. The van der Waals surface area contributed by atoms with Gasteiger partial charge in [0.05, 0.1) is 6.42 Å². The highest BCUT2D eigenvalue weighted by atomic mass is 32.2. The smallest absolute Gasteiger partial charge is 0.366 e. The molecule has 106 valence electrons. The fourth-order valence-corrected chi connectivity index (χ4v) is 2.32. The van der Waals surface area contributed by atoms with Crippen molar-refractivity contribution >= 4 is 17.7 Å². The molecule has 0 aliphatic carbocycles. The number of hydrogen-bond acceptors (Lipinski definition) is 2. The normalized spacial score (nSPS) is 15.1. The number of carbonyl (C=O) groups excluding carboxylic acids is 1. The third-order valence-corrected chi connectivity index (χ3v) is 3.51. The van der Waals surface area contributed by atoms with E-state index < -0.39 is 29.3 Å². The van der Waals surface area contributed by atoms with E-state index in [9.17, 15) is 22.4 Å². The maximum atomic E-state index is 14.0. The van der Waals surface area contributed by atoms with Crippen LogP contribution in [-0.2, 0) is 4.79 Å². The molecule has 0 aliphatic rings. The van der Waals surface area contributed by atoms with Crippen molar-refractivity contribution < 1.29 is 22.4 Å². The van der Waals surface area contributed by atoms with Gasteiger partial charge in [-0.3, -0.25) is 4.79 Å².